The van der Waals surface area contributed by atoms with E-state index >= 15 is 0 Å². The van der Waals surface area contributed by atoms with Gasteiger partial charge in [-0.15, -0.1) is 0 Å². The van der Waals surface area contributed by atoms with E-state index in [9.17, 15) is 9.90 Å². The van der Waals surface area contributed by atoms with Crippen molar-refractivity contribution in [1.29, 1.82) is 0 Å². The maximum absolute atomic E-state index is 11.7. The number of anilines is 1. The fraction of sp³-hybridized carbons (Fsp3) is 0.267. The number of halogens is 1. The highest BCUT2D eigenvalue weighted by Crippen LogP contribution is 2.33. The number of carbonyl (C=O) groups is 1. The SMILES string of the molecule is COC(=O)c1nc(NC2c3ccccc3CC2O)cnc1Br. The van der Waals surface area contributed by atoms with E-state index in [1.807, 2.05) is 24.3 Å². The van der Waals surface area contributed by atoms with Crippen molar-refractivity contribution in [2.45, 2.75) is 18.6 Å². The normalized spacial score (nSPS) is 19.6. The molecule has 2 N–H and O–H groups in total. The Morgan fingerprint density at radius 1 is 1.45 bits per heavy atom. The predicted octanol–water partition coefficient (Wildman–Crippen LogP) is 2.10. The summed E-state index contributed by atoms with van der Waals surface area (Å²) < 4.78 is 4.99. The largest absolute Gasteiger partial charge is 0.464 e. The molecule has 2 aromatic rings. The molecule has 0 radical (unpaired) electrons. The van der Waals surface area contributed by atoms with Crippen molar-refractivity contribution in [3.05, 3.63) is 51.9 Å². The topological polar surface area (TPSA) is 84.3 Å². The number of ether oxygens (including phenoxy) is 1. The molecule has 22 heavy (non-hydrogen) atoms. The van der Waals surface area contributed by atoms with Crippen LogP contribution >= 0.6 is 15.9 Å². The first-order valence-electron chi connectivity index (χ1n) is 6.73. The van der Waals surface area contributed by atoms with Crippen molar-refractivity contribution < 1.29 is 14.6 Å². The number of benzene rings is 1. The van der Waals surface area contributed by atoms with Gasteiger partial charge in [0, 0.05) is 6.42 Å². The molecule has 0 spiro atoms. The minimum atomic E-state index is -0.574. The molecule has 0 fully saturated rings. The van der Waals surface area contributed by atoms with E-state index in [1.54, 1.807) is 0 Å². The van der Waals surface area contributed by atoms with Gasteiger partial charge in [-0.2, -0.15) is 0 Å². The fourth-order valence-electron chi connectivity index (χ4n) is 2.58. The maximum atomic E-state index is 11.7. The van der Waals surface area contributed by atoms with Gasteiger partial charge in [0.1, 0.15) is 10.4 Å². The lowest BCUT2D eigenvalue weighted by molar-refractivity contribution is 0.0592. The Balaban J connectivity index is 1.89. The second-order valence-electron chi connectivity index (χ2n) is 4.98. The summed E-state index contributed by atoms with van der Waals surface area (Å²) in [6.45, 7) is 0. The molecule has 0 saturated heterocycles. The second-order valence-corrected chi connectivity index (χ2v) is 5.73. The molecule has 0 saturated carbocycles. The summed E-state index contributed by atoms with van der Waals surface area (Å²) in [5.74, 6) is -0.167. The molecule has 0 amide bonds. The Labute approximate surface area is 135 Å². The van der Waals surface area contributed by atoms with E-state index in [2.05, 4.69) is 36.0 Å². The third-order valence-corrected chi connectivity index (χ3v) is 4.19. The van der Waals surface area contributed by atoms with Crippen molar-refractivity contribution in [2.75, 3.05) is 12.4 Å². The van der Waals surface area contributed by atoms with E-state index in [0.29, 0.717) is 16.8 Å². The van der Waals surface area contributed by atoms with Crippen LogP contribution in [0, 0.1) is 0 Å². The molecule has 1 aliphatic carbocycles. The van der Waals surface area contributed by atoms with Crippen LogP contribution in [0.3, 0.4) is 0 Å². The van der Waals surface area contributed by atoms with E-state index in [-0.39, 0.29) is 11.7 Å². The predicted molar refractivity (Wildman–Crippen MR) is 83.6 cm³/mol. The number of fused-ring (bicyclic) bond motifs is 1. The van der Waals surface area contributed by atoms with Gasteiger partial charge >= 0.3 is 5.97 Å². The molecular weight excluding hydrogens is 350 g/mol. The van der Waals surface area contributed by atoms with Crippen LogP contribution in [0.4, 0.5) is 5.82 Å². The summed E-state index contributed by atoms with van der Waals surface area (Å²) >= 11 is 3.17. The first-order valence-corrected chi connectivity index (χ1v) is 7.52. The summed E-state index contributed by atoms with van der Waals surface area (Å²) in [5, 5.41) is 13.4. The smallest absolute Gasteiger partial charge is 0.359 e. The average molecular weight is 364 g/mol. The molecule has 2 atom stereocenters. The number of aliphatic hydroxyl groups excluding tert-OH is 1. The summed E-state index contributed by atoms with van der Waals surface area (Å²) in [6, 6.07) is 7.56. The van der Waals surface area contributed by atoms with Gasteiger partial charge in [-0.3, -0.25) is 0 Å². The summed E-state index contributed by atoms with van der Waals surface area (Å²) in [4.78, 5) is 19.9. The Bertz CT molecular complexity index is 723. The number of nitrogens with zero attached hydrogens (tertiary/aromatic N) is 2. The highest BCUT2D eigenvalue weighted by atomic mass is 79.9. The van der Waals surface area contributed by atoms with Gasteiger partial charge in [-0.25, -0.2) is 14.8 Å². The number of hydrogen-bond acceptors (Lipinski definition) is 6. The average Bonchev–Trinajstić information content (AvgIpc) is 2.84. The maximum Gasteiger partial charge on any atom is 0.359 e. The monoisotopic (exact) mass is 363 g/mol. The number of methoxy groups -OCH3 is 1. The van der Waals surface area contributed by atoms with Crippen LogP contribution in [0.1, 0.15) is 27.7 Å². The molecule has 1 aromatic carbocycles. The molecule has 1 heterocycles. The van der Waals surface area contributed by atoms with Crippen molar-refractivity contribution in [3.8, 4) is 0 Å². The Hall–Kier alpha value is -1.99. The number of nitrogens with one attached hydrogen (secondary N) is 1. The van der Waals surface area contributed by atoms with Crippen LogP contribution in [0.2, 0.25) is 0 Å². The molecule has 1 aliphatic rings. The number of hydrogen-bond donors (Lipinski definition) is 2. The molecule has 0 aliphatic heterocycles. The van der Waals surface area contributed by atoms with Gasteiger partial charge in [0.05, 0.1) is 25.5 Å². The van der Waals surface area contributed by atoms with Crippen molar-refractivity contribution >= 4 is 27.7 Å². The molecule has 114 valence electrons. The number of esters is 1. The summed E-state index contributed by atoms with van der Waals surface area (Å²) in [7, 11) is 1.29. The first kappa shape index (κ1) is 14.9. The third kappa shape index (κ3) is 2.69. The van der Waals surface area contributed by atoms with E-state index in [1.165, 1.54) is 13.3 Å². The Morgan fingerprint density at radius 3 is 3.00 bits per heavy atom. The minimum absolute atomic E-state index is 0.0910. The zero-order valence-electron chi connectivity index (χ0n) is 11.8. The first-order chi connectivity index (χ1) is 10.6. The third-order valence-electron chi connectivity index (χ3n) is 3.61. The standard InChI is InChI=1S/C15H14BrN3O3/c1-22-15(21)13-14(16)17-7-11(19-13)18-12-9-5-3-2-4-8(9)6-10(12)20/h2-5,7,10,12,20H,6H2,1H3,(H,18,19). The molecule has 7 heteroatoms. The number of carbonyl (C=O) groups excluding carboxylic acids is 1. The molecule has 2 unspecified atom stereocenters. The molecule has 3 rings (SSSR count). The van der Waals surface area contributed by atoms with E-state index in [0.717, 1.165) is 11.1 Å². The highest BCUT2D eigenvalue weighted by Gasteiger charge is 2.31. The quantitative estimate of drug-likeness (QED) is 0.812. The Kier molecular flexibility index (Phi) is 4.08. The lowest BCUT2D eigenvalue weighted by Gasteiger charge is -2.18. The Morgan fingerprint density at radius 2 is 2.23 bits per heavy atom. The molecular formula is C15H14BrN3O3. The van der Waals surface area contributed by atoms with Crippen molar-refractivity contribution in [2.24, 2.45) is 0 Å². The number of aliphatic hydroxyl groups is 1. The highest BCUT2D eigenvalue weighted by molar-refractivity contribution is 9.10. The molecule has 0 bridgehead atoms. The van der Waals surface area contributed by atoms with Gasteiger partial charge in [-0.05, 0) is 27.1 Å². The summed E-state index contributed by atoms with van der Waals surface area (Å²) in [6.07, 6.45) is 1.54. The lowest BCUT2D eigenvalue weighted by Crippen LogP contribution is -2.22. The zero-order valence-corrected chi connectivity index (χ0v) is 13.4. The van der Waals surface area contributed by atoms with Gasteiger partial charge in [-0.1, -0.05) is 24.3 Å². The fourth-order valence-corrected chi connectivity index (χ4v) is 2.93. The van der Waals surface area contributed by atoms with Gasteiger partial charge in [0.15, 0.2) is 5.69 Å². The second kappa shape index (κ2) is 6.02. The summed E-state index contributed by atoms with van der Waals surface area (Å²) in [5.41, 5.74) is 2.22. The van der Waals surface area contributed by atoms with Crippen LogP contribution in [0.5, 0.6) is 0 Å². The number of rotatable bonds is 3. The van der Waals surface area contributed by atoms with Crippen molar-refractivity contribution in [1.82, 2.24) is 9.97 Å². The lowest BCUT2D eigenvalue weighted by atomic mass is 10.1. The van der Waals surface area contributed by atoms with E-state index < -0.39 is 12.1 Å². The van der Waals surface area contributed by atoms with E-state index in [4.69, 9.17) is 0 Å². The van der Waals surface area contributed by atoms with Crippen LogP contribution < -0.4 is 5.32 Å². The molecule has 1 aromatic heterocycles. The van der Waals surface area contributed by atoms with Gasteiger partial charge in [0.25, 0.3) is 0 Å². The van der Waals surface area contributed by atoms with Crippen LogP contribution in [0.15, 0.2) is 35.1 Å². The van der Waals surface area contributed by atoms with Gasteiger partial charge < -0.3 is 15.2 Å². The van der Waals surface area contributed by atoms with Crippen molar-refractivity contribution in [3.63, 3.8) is 0 Å². The minimum Gasteiger partial charge on any atom is -0.464 e. The van der Waals surface area contributed by atoms with Crippen LogP contribution in [-0.2, 0) is 11.2 Å². The number of aromatic nitrogens is 2. The van der Waals surface area contributed by atoms with Gasteiger partial charge in [0.2, 0.25) is 0 Å². The van der Waals surface area contributed by atoms with Crippen LogP contribution in [-0.4, -0.2) is 34.3 Å². The van der Waals surface area contributed by atoms with Crippen LogP contribution in [0.25, 0.3) is 0 Å². The zero-order chi connectivity index (χ0) is 15.7. The molecule has 6 nitrogen and oxygen atoms in total.